The van der Waals surface area contributed by atoms with Gasteiger partial charge in [0, 0.05) is 36.6 Å². The van der Waals surface area contributed by atoms with Crippen molar-refractivity contribution in [3.8, 4) is 5.75 Å². The summed E-state index contributed by atoms with van der Waals surface area (Å²) in [6, 6.07) is 17.1. The fraction of sp³-hybridized carbons (Fsp3) is 0.240. The van der Waals surface area contributed by atoms with Gasteiger partial charge in [-0.25, -0.2) is 4.98 Å². The number of amides is 1. The molecule has 0 aliphatic heterocycles. The average molecular weight is 449 g/mol. The lowest BCUT2D eigenvalue weighted by Gasteiger charge is -2.18. The van der Waals surface area contributed by atoms with Gasteiger partial charge < -0.3 is 14.2 Å². The molecular weight excluding hydrogens is 424 g/mol. The van der Waals surface area contributed by atoms with E-state index in [-0.39, 0.29) is 5.91 Å². The molecule has 2 aromatic carbocycles. The lowest BCUT2D eigenvalue weighted by Crippen LogP contribution is -2.28. The summed E-state index contributed by atoms with van der Waals surface area (Å²) < 4.78 is 8.08. The highest BCUT2D eigenvalue weighted by molar-refractivity contribution is 6.31. The van der Waals surface area contributed by atoms with Crippen molar-refractivity contribution in [1.29, 1.82) is 0 Å². The Morgan fingerprint density at radius 1 is 1.12 bits per heavy atom. The number of rotatable bonds is 8. The zero-order valence-corrected chi connectivity index (χ0v) is 18.9. The number of carbonyl (C=O) groups excluding carboxylic acids is 1. The normalized spacial score (nSPS) is 11.0. The molecule has 0 unspecified atom stereocenters. The van der Waals surface area contributed by atoms with E-state index in [4.69, 9.17) is 21.3 Å². The van der Waals surface area contributed by atoms with Gasteiger partial charge in [-0.05, 0) is 61.4 Å². The third kappa shape index (κ3) is 4.92. The van der Waals surface area contributed by atoms with Crippen LogP contribution in [0, 0.1) is 6.92 Å². The van der Waals surface area contributed by atoms with E-state index < -0.39 is 0 Å². The number of hydrogen-bond donors (Lipinski definition) is 0. The van der Waals surface area contributed by atoms with Gasteiger partial charge in [0.05, 0.1) is 24.2 Å². The molecule has 0 aliphatic carbocycles. The van der Waals surface area contributed by atoms with Gasteiger partial charge >= 0.3 is 0 Å². The molecule has 0 saturated carbocycles. The Balaban J connectivity index is 1.46. The summed E-state index contributed by atoms with van der Waals surface area (Å²) in [6.45, 7) is 3.68. The molecule has 0 radical (unpaired) electrons. The first-order valence-corrected chi connectivity index (χ1v) is 10.9. The molecule has 7 heteroatoms. The number of benzene rings is 2. The van der Waals surface area contributed by atoms with Crippen molar-refractivity contribution >= 4 is 28.5 Å². The molecule has 4 aromatic rings. The third-order valence-electron chi connectivity index (χ3n) is 5.31. The van der Waals surface area contributed by atoms with E-state index in [0.29, 0.717) is 18.7 Å². The van der Waals surface area contributed by atoms with Crippen LogP contribution in [-0.4, -0.2) is 39.0 Å². The second-order valence-corrected chi connectivity index (χ2v) is 8.09. The van der Waals surface area contributed by atoms with Gasteiger partial charge in [-0.2, -0.15) is 0 Å². The summed E-state index contributed by atoms with van der Waals surface area (Å²) >= 11 is 6.09. The van der Waals surface area contributed by atoms with Crippen molar-refractivity contribution in [1.82, 2.24) is 19.4 Å². The van der Waals surface area contributed by atoms with Crippen LogP contribution in [-0.2, 0) is 13.1 Å². The van der Waals surface area contributed by atoms with E-state index in [0.717, 1.165) is 46.2 Å². The van der Waals surface area contributed by atoms with E-state index in [1.807, 2.05) is 43.3 Å². The standard InChI is InChI=1S/C25H25ClN4O2/c1-18-16-20(8-9-21(18)26)32-15-5-14-30-23-7-4-3-6-22(23)28-24(30)17-29(2)25(31)19-10-12-27-13-11-19/h3-4,6-13,16H,5,14-15,17H2,1-2H3. The van der Waals surface area contributed by atoms with Gasteiger partial charge in [0.15, 0.2) is 0 Å². The van der Waals surface area contributed by atoms with Gasteiger partial charge in [-0.15, -0.1) is 0 Å². The molecule has 6 nitrogen and oxygen atoms in total. The molecule has 0 saturated heterocycles. The Labute approximate surface area is 192 Å². The van der Waals surface area contributed by atoms with E-state index in [2.05, 4.69) is 15.6 Å². The summed E-state index contributed by atoms with van der Waals surface area (Å²) in [5.41, 5.74) is 3.57. The van der Waals surface area contributed by atoms with Crippen LogP contribution in [0.25, 0.3) is 11.0 Å². The summed E-state index contributed by atoms with van der Waals surface area (Å²) in [5.74, 6) is 1.59. The highest BCUT2D eigenvalue weighted by Gasteiger charge is 2.17. The predicted molar refractivity (Wildman–Crippen MR) is 126 cm³/mol. The smallest absolute Gasteiger partial charge is 0.254 e. The van der Waals surface area contributed by atoms with Crippen LogP contribution < -0.4 is 4.74 Å². The largest absolute Gasteiger partial charge is 0.494 e. The summed E-state index contributed by atoms with van der Waals surface area (Å²) in [5, 5.41) is 0.734. The number of aromatic nitrogens is 3. The highest BCUT2D eigenvalue weighted by Crippen LogP contribution is 2.22. The number of aryl methyl sites for hydroxylation is 2. The second-order valence-electron chi connectivity index (χ2n) is 7.68. The molecule has 0 bridgehead atoms. The van der Waals surface area contributed by atoms with Crippen LogP contribution in [0.5, 0.6) is 5.75 Å². The summed E-state index contributed by atoms with van der Waals surface area (Å²) in [6.07, 6.45) is 4.05. The van der Waals surface area contributed by atoms with Crippen molar-refractivity contribution in [3.05, 3.63) is 89.0 Å². The molecule has 32 heavy (non-hydrogen) atoms. The zero-order chi connectivity index (χ0) is 22.5. The Bertz CT molecular complexity index is 1220. The molecule has 2 aromatic heterocycles. The highest BCUT2D eigenvalue weighted by atomic mass is 35.5. The lowest BCUT2D eigenvalue weighted by molar-refractivity contribution is 0.0780. The number of halogens is 1. The van der Waals surface area contributed by atoms with Gasteiger partial charge in [0.1, 0.15) is 11.6 Å². The fourth-order valence-corrected chi connectivity index (χ4v) is 3.73. The lowest BCUT2D eigenvalue weighted by atomic mass is 10.2. The fourth-order valence-electron chi connectivity index (χ4n) is 3.61. The molecule has 0 atom stereocenters. The van der Waals surface area contributed by atoms with Crippen LogP contribution in [0.4, 0.5) is 0 Å². The summed E-state index contributed by atoms with van der Waals surface area (Å²) in [4.78, 5) is 23.2. The Morgan fingerprint density at radius 2 is 1.91 bits per heavy atom. The number of fused-ring (bicyclic) bond motifs is 1. The number of ether oxygens (including phenoxy) is 1. The molecule has 2 heterocycles. The van der Waals surface area contributed by atoms with Crippen molar-refractivity contribution in [2.45, 2.75) is 26.4 Å². The summed E-state index contributed by atoms with van der Waals surface area (Å²) in [7, 11) is 1.79. The topological polar surface area (TPSA) is 60.2 Å². The monoisotopic (exact) mass is 448 g/mol. The molecule has 0 fully saturated rings. The molecule has 0 spiro atoms. The van der Waals surface area contributed by atoms with Crippen molar-refractivity contribution in [3.63, 3.8) is 0 Å². The third-order valence-corrected chi connectivity index (χ3v) is 5.73. The first-order valence-electron chi connectivity index (χ1n) is 10.5. The molecule has 164 valence electrons. The van der Waals surface area contributed by atoms with Crippen LogP contribution >= 0.6 is 11.6 Å². The average Bonchev–Trinajstić information content (AvgIpc) is 3.16. The first-order chi connectivity index (χ1) is 15.5. The zero-order valence-electron chi connectivity index (χ0n) is 18.2. The maximum atomic E-state index is 12.8. The number of imidazole rings is 1. The molecule has 0 aliphatic rings. The number of nitrogens with zero attached hydrogens (tertiary/aromatic N) is 4. The first kappa shape index (κ1) is 21.8. The van der Waals surface area contributed by atoms with Crippen LogP contribution in [0.3, 0.4) is 0 Å². The van der Waals surface area contributed by atoms with Crippen molar-refractivity contribution in [2.24, 2.45) is 0 Å². The van der Waals surface area contributed by atoms with E-state index in [9.17, 15) is 4.79 Å². The molecule has 4 rings (SSSR count). The SMILES string of the molecule is Cc1cc(OCCCn2c(CN(C)C(=O)c3ccncc3)nc3ccccc32)ccc1Cl. The van der Waals surface area contributed by atoms with E-state index >= 15 is 0 Å². The molecule has 1 amide bonds. The number of carbonyl (C=O) groups is 1. The van der Waals surface area contributed by atoms with E-state index in [1.54, 1.807) is 36.5 Å². The number of para-hydroxylation sites is 2. The Morgan fingerprint density at radius 3 is 2.69 bits per heavy atom. The van der Waals surface area contributed by atoms with Gasteiger partial charge in [-0.1, -0.05) is 23.7 Å². The maximum Gasteiger partial charge on any atom is 0.254 e. The number of hydrogen-bond acceptors (Lipinski definition) is 4. The quantitative estimate of drug-likeness (QED) is 0.350. The van der Waals surface area contributed by atoms with Crippen LogP contribution in [0.1, 0.15) is 28.2 Å². The number of pyridine rings is 1. The van der Waals surface area contributed by atoms with E-state index in [1.165, 1.54) is 0 Å². The second kappa shape index (κ2) is 9.83. The van der Waals surface area contributed by atoms with Gasteiger partial charge in [0.2, 0.25) is 0 Å². The minimum Gasteiger partial charge on any atom is -0.494 e. The van der Waals surface area contributed by atoms with Gasteiger partial charge in [-0.3, -0.25) is 9.78 Å². The molecular formula is C25H25ClN4O2. The minimum absolute atomic E-state index is 0.0625. The Kier molecular flexibility index (Phi) is 6.71. The van der Waals surface area contributed by atoms with Crippen LogP contribution in [0.2, 0.25) is 5.02 Å². The van der Waals surface area contributed by atoms with Gasteiger partial charge in [0.25, 0.3) is 5.91 Å². The predicted octanol–water partition coefficient (Wildman–Crippen LogP) is 5.13. The molecule has 0 N–H and O–H groups in total. The minimum atomic E-state index is -0.0625. The van der Waals surface area contributed by atoms with Crippen molar-refractivity contribution in [2.75, 3.05) is 13.7 Å². The maximum absolute atomic E-state index is 12.8. The Hall–Kier alpha value is -3.38. The van der Waals surface area contributed by atoms with Crippen molar-refractivity contribution < 1.29 is 9.53 Å². The van der Waals surface area contributed by atoms with Crippen LogP contribution in [0.15, 0.2) is 67.0 Å².